The Hall–Kier alpha value is -3.84. The lowest BCUT2D eigenvalue weighted by Crippen LogP contribution is -2.19. The Morgan fingerprint density at radius 3 is 2.64 bits per heavy atom. The summed E-state index contributed by atoms with van der Waals surface area (Å²) in [5, 5.41) is 5.98. The first-order valence-corrected chi connectivity index (χ1v) is 10.7. The van der Waals surface area contributed by atoms with Gasteiger partial charge in [-0.25, -0.2) is 9.78 Å². The van der Waals surface area contributed by atoms with Crippen molar-refractivity contribution >= 4 is 34.7 Å². The summed E-state index contributed by atoms with van der Waals surface area (Å²) in [7, 11) is 0. The molecule has 168 valence electrons. The summed E-state index contributed by atoms with van der Waals surface area (Å²) in [6, 6.07) is 15.5. The minimum absolute atomic E-state index is 0.121. The van der Waals surface area contributed by atoms with Gasteiger partial charge in [0.2, 0.25) is 0 Å². The molecule has 2 N–H and O–H groups in total. The van der Waals surface area contributed by atoms with Crippen LogP contribution in [0.1, 0.15) is 22.4 Å². The summed E-state index contributed by atoms with van der Waals surface area (Å²) >= 11 is 6.19. The van der Waals surface area contributed by atoms with Crippen molar-refractivity contribution in [1.29, 1.82) is 0 Å². The molecule has 0 saturated heterocycles. The van der Waals surface area contributed by atoms with Crippen LogP contribution in [-0.2, 0) is 6.61 Å². The minimum Gasteiger partial charge on any atom is -0.487 e. The summed E-state index contributed by atoms with van der Waals surface area (Å²) in [6.45, 7) is 5.85. The van der Waals surface area contributed by atoms with Crippen molar-refractivity contribution in [2.75, 3.05) is 10.6 Å². The highest BCUT2D eigenvalue weighted by Crippen LogP contribution is 2.25. The van der Waals surface area contributed by atoms with Gasteiger partial charge in [0.1, 0.15) is 18.0 Å². The largest absolute Gasteiger partial charge is 0.487 e. The van der Waals surface area contributed by atoms with Gasteiger partial charge in [-0.05, 0) is 61.7 Å². The van der Waals surface area contributed by atoms with Gasteiger partial charge in [-0.15, -0.1) is 0 Å². The summed E-state index contributed by atoms with van der Waals surface area (Å²) < 4.78 is 7.44. The molecule has 2 aromatic heterocycles. The number of benzene rings is 2. The monoisotopic (exact) mass is 462 g/mol. The number of rotatable bonds is 5. The molecular weight excluding hydrogens is 440 g/mol. The van der Waals surface area contributed by atoms with Gasteiger partial charge in [-0.1, -0.05) is 29.8 Å². The maximum atomic E-state index is 12.4. The number of nitrogens with one attached hydrogen (secondary N) is 2. The number of urea groups is 1. The predicted octanol–water partition coefficient (Wildman–Crippen LogP) is 5.50. The number of halogens is 1. The third kappa shape index (κ3) is 5.15. The average molecular weight is 463 g/mol. The Balaban J connectivity index is 1.47. The van der Waals surface area contributed by atoms with Crippen molar-refractivity contribution < 1.29 is 9.53 Å². The second-order valence-corrected chi connectivity index (χ2v) is 8.21. The first-order valence-electron chi connectivity index (χ1n) is 10.4. The number of aromatic nitrogens is 2. The van der Waals surface area contributed by atoms with Gasteiger partial charge in [-0.3, -0.25) is 9.20 Å². The molecule has 4 rings (SSSR count). The van der Waals surface area contributed by atoms with Crippen LogP contribution in [0.4, 0.5) is 16.2 Å². The minimum atomic E-state index is -0.421. The highest BCUT2D eigenvalue weighted by Gasteiger charge is 2.10. The molecule has 7 nitrogen and oxygen atoms in total. The van der Waals surface area contributed by atoms with Crippen LogP contribution in [0.5, 0.6) is 5.75 Å². The molecule has 2 amide bonds. The molecule has 0 unspecified atom stereocenters. The molecule has 0 aliphatic heterocycles. The van der Waals surface area contributed by atoms with Crippen LogP contribution in [0, 0.1) is 20.8 Å². The predicted molar refractivity (Wildman–Crippen MR) is 131 cm³/mol. The van der Waals surface area contributed by atoms with Crippen molar-refractivity contribution in [3.05, 3.63) is 98.6 Å². The molecule has 0 saturated carbocycles. The molecule has 8 heteroatoms. The fraction of sp³-hybridized carbons (Fsp3) is 0.160. The van der Waals surface area contributed by atoms with E-state index in [-0.39, 0.29) is 12.2 Å². The van der Waals surface area contributed by atoms with Crippen LogP contribution >= 0.6 is 11.6 Å². The Kier molecular flexibility index (Phi) is 6.33. The molecular formula is C25H23ClN4O3. The zero-order valence-electron chi connectivity index (χ0n) is 18.5. The van der Waals surface area contributed by atoms with E-state index in [0.717, 1.165) is 16.7 Å². The Morgan fingerprint density at radius 2 is 1.85 bits per heavy atom. The quantitative estimate of drug-likeness (QED) is 0.410. The SMILES string of the molecule is Cc1ccc(NC(=O)Nc2ccc(C)c(OCc3cc(=O)n4cccc(C)c4n3)c2)c(Cl)c1. The average Bonchev–Trinajstić information content (AvgIpc) is 2.77. The second kappa shape index (κ2) is 9.34. The summed E-state index contributed by atoms with van der Waals surface area (Å²) in [5.74, 6) is 0.577. The van der Waals surface area contributed by atoms with E-state index in [1.807, 2.05) is 45.0 Å². The van der Waals surface area contributed by atoms with E-state index in [0.29, 0.717) is 33.5 Å². The van der Waals surface area contributed by atoms with Crippen LogP contribution in [0.15, 0.2) is 65.6 Å². The number of anilines is 2. The van der Waals surface area contributed by atoms with E-state index < -0.39 is 6.03 Å². The smallest absolute Gasteiger partial charge is 0.323 e. The third-order valence-electron chi connectivity index (χ3n) is 5.13. The van der Waals surface area contributed by atoms with Crippen LogP contribution in [-0.4, -0.2) is 15.4 Å². The molecule has 33 heavy (non-hydrogen) atoms. The van der Waals surface area contributed by atoms with E-state index in [2.05, 4.69) is 15.6 Å². The summed E-state index contributed by atoms with van der Waals surface area (Å²) in [4.78, 5) is 29.4. The zero-order chi connectivity index (χ0) is 23.5. The van der Waals surface area contributed by atoms with Crippen molar-refractivity contribution in [2.24, 2.45) is 0 Å². The van der Waals surface area contributed by atoms with Crippen LogP contribution in [0.3, 0.4) is 0 Å². The van der Waals surface area contributed by atoms with Crippen molar-refractivity contribution in [1.82, 2.24) is 9.38 Å². The lowest BCUT2D eigenvalue weighted by atomic mass is 10.2. The fourth-order valence-corrected chi connectivity index (χ4v) is 3.66. The summed E-state index contributed by atoms with van der Waals surface area (Å²) in [6.07, 6.45) is 1.69. The van der Waals surface area contributed by atoms with Crippen LogP contribution < -0.4 is 20.9 Å². The molecule has 0 radical (unpaired) electrons. The Labute approximate surface area is 196 Å². The second-order valence-electron chi connectivity index (χ2n) is 7.80. The number of amides is 2. The van der Waals surface area contributed by atoms with Gasteiger partial charge in [0.15, 0.2) is 0 Å². The molecule has 0 atom stereocenters. The normalized spacial score (nSPS) is 10.8. The van der Waals surface area contributed by atoms with Crippen LogP contribution in [0.25, 0.3) is 5.65 Å². The molecule has 0 fully saturated rings. The van der Waals surface area contributed by atoms with E-state index in [1.54, 1.807) is 30.5 Å². The van der Waals surface area contributed by atoms with Gasteiger partial charge >= 0.3 is 6.03 Å². The molecule has 0 bridgehead atoms. The Bertz CT molecular complexity index is 1410. The van der Waals surface area contributed by atoms with Gasteiger partial charge in [0, 0.05) is 24.0 Å². The molecule has 0 aliphatic rings. The number of aryl methyl sites for hydroxylation is 3. The number of ether oxygens (including phenoxy) is 1. The van der Waals surface area contributed by atoms with Crippen molar-refractivity contribution in [3.8, 4) is 5.75 Å². The third-order valence-corrected chi connectivity index (χ3v) is 5.45. The Morgan fingerprint density at radius 1 is 1.03 bits per heavy atom. The van der Waals surface area contributed by atoms with Crippen molar-refractivity contribution in [2.45, 2.75) is 27.4 Å². The van der Waals surface area contributed by atoms with E-state index in [9.17, 15) is 9.59 Å². The highest BCUT2D eigenvalue weighted by atomic mass is 35.5. The lowest BCUT2D eigenvalue weighted by molar-refractivity contribution is 0.262. The number of fused-ring (bicyclic) bond motifs is 1. The first kappa shape index (κ1) is 22.4. The highest BCUT2D eigenvalue weighted by molar-refractivity contribution is 6.33. The van der Waals surface area contributed by atoms with Gasteiger partial charge in [0.05, 0.1) is 16.4 Å². The van der Waals surface area contributed by atoms with E-state index in [1.165, 1.54) is 10.5 Å². The van der Waals surface area contributed by atoms with Gasteiger partial charge in [-0.2, -0.15) is 0 Å². The number of pyridine rings is 1. The maximum absolute atomic E-state index is 12.4. The van der Waals surface area contributed by atoms with E-state index >= 15 is 0 Å². The molecule has 0 aliphatic carbocycles. The van der Waals surface area contributed by atoms with E-state index in [4.69, 9.17) is 16.3 Å². The number of nitrogens with zero attached hydrogens (tertiary/aromatic N) is 2. The molecule has 4 aromatic rings. The number of carbonyl (C=O) groups is 1. The topological polar surface area (TPSA) is 84.7 Å². The lowest BCUT2D eigenvalue weighted by Gasteiger charge is -2.13. The first-order chi connectivity index (χ1) is 15.8. The number of hydrogen-bond acceptors (Lipinski definition) is 4. The molecule has 0 spiro atoms. The standard InChI is InChI=1S/C25H23ClN4O3/c1-15-6-9-21(20(26)11-15)29-25(32)28-18-8-7-16(2)22(12-18)33-14-19-13-23(31)30-10-4-5-17(3)24(30)27-19/h4-13H,14H2,1-3H3,(H2,28,29,32). The zero-order valence-corrected chi connectivity index (χ0v) is 19.2. The maximum Gasteiger partial charge on any atom is 0.323 e. The van der Waals surface area contributed by atoms with Crippen LogP contribution in [0.2, 0.25) is 5.02 Å². The van der Waals surface area contributed by atoms with Gasteiger partial charge in [0.25, 0.3) is 5.56 Å². The number of carbonyl (C=O) groups excluding carboxylic acids is 1. The number of hydrogen-bond donors (Lipinski definition) is 2. The molecule has 2 heterocycles. The van der Waals surface area contributed by atoms with Gasteiger partial charge < -0.3 is 15.4 Å². The molecule has 2 aromatic carbocycles. The fourth-order valence-electron chi connectivity index (χ4n) is 3.37. The van der Waals surface area contributed by atoms with Crippen molar-refractivity contribution in [3.63, 3.8) is 0 Å². The summed E-state index contributed by atoms with van der Waals surface area (Å²) in [5.41, 5.74) is 4.83.